The van der Waals surface area contributed by atoms with Crippen molar-refractivity contribution in [2.24, 2.45) is 0 Å². The van der Waals surface area contributed by atoms with Gasteiger partial charge in [-0.3, -0.25) is 4.79 Å². The van der Waals surface area contributed by atoms with E-state index in [0.29, 0.717) is 6.54 Å². The zero-order valence-corrected chi connectivity index (χ0v) is 15.5. The number of thioether (sulfide) groups is 1. The van der Waals surface area contributed by atoms with Crippen LogP contribution in [0.4, 0.5) is 10.8 Å². The Morgan fingerprint density at radius 2 is 2.13 bits per heavy atom. The van der Waals surface area contributed by atoms with E-state index < -0.39 is 0 Å². The van der Waals surface area contributed by atoms with Crippen molar-refractivity contribution in [3.63, 3.8) is 0 Å². The lowest BCUT2D eigenvalue weighted by Crippen LogP contribution is -2.30. The average molecular weight is 351 g/mol. The van der Waals surface area contributed by atoms with Crippen molar-refractivity contribution in [2.75, 3.05) is 11.9 Å². The molecule has 0 aliphatic carbocycles. The van der Waals surface area contributed by atoms with Crippen LogP contribution < -0.4 is 10.6 Å². The topological polar surface area (TPSA) is 66.9 Å². The number of hydrogen-bond acceptors (Lipinski definition) is 6. The number of hydrogen-bond donors (Lipinski definition) is 2. The molecule has 1 aromatic heterocycles. The molecule has 1 atom stereocenters. The van der Waals surface area contributed by atoms with Crippen molar-refractivity contribution >= 4 is 39.8 Å². The average Bonchev–Trinajstić information content (AvgIpc) is 2.96. The van der Waals surface area contributed by atoms with Gasteiger partial charge in [-0.1, -0.05) is 48.2 Å². The summed E-state index contributed by atoms with van der Waals surface area (Å²) in [6.45, 7) is 8.64. The highest BCUT2D eigenvalue weighted by molar-refractivity contribution is 8.02. The first-order chi connectivity index (χ1) is 11.0. The van der Waals surface area contributed by atoms with Gasteiger partial charge >= 0.3 is 0 Å². The second-order valence-electron chi connectivity index (χ2n) is 5.12. The number of anilines is 2. The van der Waals surface area contributed by atoms with Crippen molar-refractivity contribution in [3.05, 3.63) is 29.3 Å². The molecule has 0 fully saturated rings. The standard InChI is InChI=1S/C16H22N4OS2/c1-5-12-9-7-8-10(3)13(12)18-15-19-20-16(23-15)22-11(4)14(21)17-6-2/h7-9,11H,5-6H2,1-4H3,(H,17,21)(H,18,19). The van der Waals surface area contributed by atoms with E-state index in [1.54, 1.807) is 0 Å². The Labute approximate surface area is 145 Å². The lowest BCUT2D eigenvalue weighted by atomic mass is 10.1. The molecule has 0 radical (unpaired) electrons. The van der Waals surface area contributed by atoms with Crippen molar-refractivity contribution in [1.82, 2.24) is 15.5 Å². The van der Waals surface area contributed by atoms with Crippen LogP contribution >= 0.6 is 23.1 Å². The summed E-state index contributed by atoms with van der Waals surface area (Å²) in [6.07, 6.45) is 0.957. The molecule has 0 aliphatic heterocycles. The van der Waals surface area contributed by atoms with Gasteiger partial charge in [-0.05, 0) is 38.3 Å². The first kappa shape index (κ1) is 17.7. The van der Waals surface area contributed by atoms with Gasteiger partial charge in [0.2, 0.25) is 11.0 Å². The van der Waals surface area contributed by atoms with Gasteiger partial charge in [0.15, 0.2) is 4.34 Å². The van der Waals surface area contributed by atoms with Gasteiger partial charge in [-0.25, -0.2) is 0 Å². The van der Waals surface area contributed by atoms with Crippen LogP contribution in [0, 0.1) is 6.92 Å². The number of nitrogens with one attached hydrogen (secondary N) is 2. The van der Waals surface area contributed by atoms with Gasteiger partial charge in [0.05, 0.1) is 5.25 Å². The van der Waals surface area contributed by atoms with E-state index in [1.165, 1.54) is 34.2 Å². The highest BCUT2D eigenvalue weighted by atomic mass is 32.2. The molecule has 1 aromatic carbocycles. The normalized spacial score (nSPS) is 12.0. The number of aryl methyl sites for hydroxylation is 2. The Bertz CT molecular complexity index is 672. The summed E-state index contributed by atoms with van der Waals surface area (Å²) in [5.41, 5.74) is 3.54. The Morgan fingerprint density at radius 1 is 1.35 bits per heavy atom. The van der Waals surface area contributed by atoms with E-state index >= 15 is 0 Å². The molecular weight excluding hydrogens is 328 g/mol. The third-order valence-corrected chi connectivity index (χ3v) is 5.40. The predicted octanol–water partition coefficient (Wildman–Crippen LogP) is 3.77. The Balaban J connectivity index is 2.07. The number of nitrogens with zero attached hydrogens (tertiary/aromatic N) is 2. The molecule has 1 amide bonds. The van der Waals surface area contributed by atoms with Gasteiger partial charge in [-0.2, -0.15) is 0 Å². The van der Waals surface area contributed by atoms with Gasteiger partial charge in [0.25, 0.3) is 0 Å². The van der Waals surface area contributed by atoms with E-state index in [9.17, 15) is 4.79 Å². The fourth-order valence-corrected chi connectivity index (χ4v) is 4.06. The molecule has 0 bridgehead atoms. The molecule has 2 aromatic rings. The SMILES string of the molecule is CCNC(=O)C(C)Sc1nnc(Nc2c(C)cccc2CC)s1. The minimum atomic E-state index is -0.180. The smallest absolute Gasteiger partial charge is 0.233 e. The molecule has 124 valence electrons. The molecule has 1 unspecified atom stereocenters. The van der Waals surface area contributed by atoms with Crippen LogP contribution in [0.3, 0.4) is 0 Å². The maximum atomic E-state index is 11.8. The maximum Gasteiger partial charge on any atom is 0.233 e. The third kappa shape index (κ3) is 4.68. The molecule has 0 spiro atoms. The molecular formula is C16H22N4OS2. The second kappa shape index (κ2) is 8.31. The summed E-state index contributed by atoms with van der Waals surface area (Å²) in [6, 6.07) is 6.26. The van der Waals surface area contributed by atoms with Crippen LogP contribution in [0.5, 0.6) is 0 Å². The minimum Gasteiger partial charge on any atom is -0.355 e. The van der Waals surface area contributed by atoms with E-state index in [1.807, 2.05) is 13.8 Å². The summed E-state index contributed by atoms with van der Waals surface area (Å²) in [5, 5.41) is 15.1. The fraction of sp³-hybridized carbons (Fsp3) is 0.438. The lowest BCUT2D eigenvalue weighted by molar-refractivity contribution is -0.120. The number of carbonyl (C=O) groups is 1. The van der Waals surface area contributed by atoms with Crippen LogP contribution in [-0.2, 0) is 11.2 Å². The number of benzene rings is 1. The molecule has 23 heavy (non-hydrogen) atoms. The molecule has 0 saturated heterocycles. The lowest BCUT2D eigenvalue weighted by Gasteiger charge is -2.11. The van der Waals surface area contributed by atoms with Crippen molar-refractivity contribution in [3.8, 4) is 0 Å². The van der Waals surface area contributed by atoms with Crippen LogP contribution in [0.25, 0.3) is 0 Å². The first-order valence-corrected chi connectivity index (χ1v) is 9.38. The second-order valence-corrected chi connectivity index (χ2v) is 7.68. The Morgan fingerprint density at radius 3 is 2.83 bits per heavy atom. The Hall–Kier alpha value is -1.60. The summed E-state index contributed by atoms with van der Waals surface area (Å²) in [5.74, 6) is 0.0226. The minimum absolute atomic E-state index is 0.0226. The quantitative estimate of drug-likeness (QED) is 0.744. The van der Waals surface area contributed by atoms with Crippen molar-refractivity contribution < 1.29 is 4.79 Å². The first-order valence-electron chi connectivity index (χ1n) is 7.68. The number of aromatic nitrogens is 2. The van der Waals surface area contributed by atoms with Crippen molar-refractivity contribution in [2.45, 2.75) is 43.7 Å². The largest absolute Gasteiger partial charge is 0.355 e. The predicted molar refractivity (Wildman–Crippen MR) is 97.8 cm³/mol. The molecule has 2 N–H and O–H groups in total. The number of amides is 1. The van der Waals surface area contributed by atoms with E-state index in [-0.39, 0.29) is 11.2 Å². The van der Waals surface area contributed by atoms with Crippen LogP contribution in [0.2, 0.25) is 0 Å². The Kier molecular flexibility index (Phi) is 6.41. The van der Waals surface area contributed by atoms with Crippen LogP contribution in [0.1, 0.15) is 31.9 Å². The molecule has 1 heterocycles. The summed E-state index contributed by atoms with van der Waals surface area (Å²) in [7, 11) is 0. The number of para-hydroxylation sites is 1. The van der Waals surface area contributed by atoms with Crippen molar-refractivity contribution in [1.29, 1.82) is 0 Å². The van der Waals surface area contributed by atoms with E-state index in [0.717, 1.165) is 21.6 Å². The molecule has 2 rings (SSSR count). The summed E-state index contributed by atoms with van der Waals surface area (Å²) < 4.78 is 0.790. The van der Waals surface area contributed by atoms with Gasteiger partial charge < -0.3 is 10.6 Å². The molecule has 7 heteroatoms. The fourth-order valence-electron chi connectivity index (χ4n) is 2.14. The van der Waals surface area contributed by atoms with E-state index in [2.05, 4.69) is 52.9 Å². The van der Waals surface area contributed by atoms with Gasteiger partial charge in [0.1, 0.15) is 0 Å². The van der Waals surface area contributed by atoms with Gasteiger partial charge in [0, 0.05) is 12.2 Å². The molecule has 0 saturated carbocycles. The molecule has 0 aliphatic rings. The van der Waals surface area contributed by atoms with Crippen LogP contribution in [-0.4, -0.2) is 27.9 Å². The van der Waals surface area contributed by atoms with E-state index in [4.69, 9.17) is 0 Å². The van der Waals surface area contributed by atoms with Crippen LogP contribution in [0.15, 0.2) is 22.5 Å². The number of rotatable bonds is 7. The summed E-state index contributed by atoms with van der Waals surface area (Å²) >= 11 is 2.90. The number of carbonyl (C=O) groups excluding carboxylic acids is 1. The third-order valence-electron chi connectivity index (χ3n) is 3.38. The highest BCUT2D eigenvalue weighted by Gasteiger charge is 2.16. The molecule has 5 nitrogen and oxygen atoms in total. The highest BCUT2D eigenvalue weighted by Crippen LogP contribution is 2.32. The summed E-state index contributed by atoms with van der Waals surface area (Å²) in [4.78, 5) is 11.8. The maximum absolute atomic E-state index is 11.8. The monoisotopic (exact) mass is 350 g/mol. The zero-order valence-electron chi connectivity index (χ0n) is 13.8. The van der Waals surface area contributed by atoms with Gasteiger partial charge in [-0.15, -0.1) is 10.2 Å². The zero-order chi connectivity index (χ0) is 16.8.